The fourth-order valence-corrected chi connectivity index (χ4v) is 3.39. The second kappa shape index (κ2) is 13.8. The SMILES string of the molecule is [N-]=[N+]=[N-].[N-]=[N+]=[N-].[Zn+2].c1cnc2c(c1)ccc1ncccc12.c1cnc2c(c1)ccc1ncccc12. The van der Waals surface area contributed by atoms with E-state index in [0.29, 0.717) is 0 Å². The molecule has 0 aliphatic carbocycles. The molecule has 0 fully saturated rings. The number of rotatable bonds is 0. The van der Waals surface area contributed by atoms with Crippen molar-refractivity contribution in [3.8, 4) is 0 Å². The summed E-state index contributed by atoms with van der Waals surface area (Å²) >= 11 is 0. The van der Waals surface area contributed by atoms with Crippen LogP contribution in [0.1, 0.15) is 0 Å². The van der Waals surface area contributed by atoms with E-state index < -0.39 is 0 Å². The molecule has 0 amide bonds. The van der Waals surface area contributed by atoms with Crippen LogP contribution in [0.25, 0.3) is 75.6 Å². The molecule has 0 aliphatic heterocycles. The number of hydrogen-bond acceptors (Lipinski definition) is 4. The van der Waals surface area contributed by atoms with Gasteiger partial charge in [-0.15, -0.1) is 0 Å². The van der Waals surface area contributed by atoms with Gasteiger partial charge in [-0.05, 0) is 48.5 Å². The molecule has 0 N–H and O–H groups in total. The van der Waals surface area contributed by atoms with E-state index in [1.807, 2.05) is 48.8 Å². The third-order valence-corrected chi connectivity index (χ3v) is 4.71. The molecule has 0 bridgehead atoms. The quantitative estimate of drug-likeness (QED) is 0.0688. The molecule has 0 radical (unpaired) electrons. The number of benzene rings is 2. The Bertz CT molecular complexity index is 1390. The zero-order valence-corrected chi connectivity index (χ0v) is 21.4. The summed E-state index contributed by atoms with van der Waals surface area (Å²) in [5, 5.41) is 4.55. The van der Waals surface area contributed by atoms with E-state index >= 15 is 0 Å². The van der Waals surface area contributed by atoms with Gasteiger partial charge in [-0.3, -0.25) is 29.8 Å². The molecule has 4 heterocycles. The standard InChI is InChI=1S/2C12H8N2.2N3.Zn/c2*1-3-9-5-6-11-10(4-2-7-13-11)12(9)14-8-1;2*1-3-2;/h2*1-8H;;;/q;;2*-1;+2. The van der Waals surface area contributed by atoms with Gasteiger partial charge in [-0.2, -0.15) is 0 Å². The van der Waals surface area contributed by atoms with Gasteiger partial charge < -0.3 is 22.1 Å². The minimum atomic E-state index is 0. The van der Waals surface area contributed by atoms with E-state index in [1.165, 1.54) is 9.82 Å². The first-order chi connectivity index (χ1) is 16.7. The molecule has 11 heteroatoms. The molecular formula is C24H16N10Zn. The molecule has 0 aliphatic rings. The van der Waals surface area contributed by atoms with Crippen molar-refractivity contribution in [1.29, 1.82) is 0 Å². The maximum Gasteiger partial charge on any atom is 2.00 e. The monoisotopic (exact) mass is 508 g/mol. The van der Waals surface area contributed by atoms with Gasteiger partial charge in [0.2, 0.25) is 0 Å². The van der Waals surface area contributed by atoms with Crippen molar-refractivity contribution < 1.29 is 19.5 Å². The van der Waals surface area contributed by atoms with Crippen LogP contribution in [0.4, 0.5) is 0 Å². The second-order valence-corrected chi connectivity index (χ2v) is 6.60. The van der Waals surface area contributed by atoms with Gasteiger partial charge in [0.15, 0.2) is 0 Å². The largest absolute Gasteiger partial charge is 2.00 e. The Balaban J connectivity index is 0.000000198. The van der Waals surface area contributed by atoms with Crippen LogP contribution in [0, 0.1) is 0 Å². The topological polar surface area (TPSA) is 169 Å². The van der Waals surface area contributed by atoms with Crippen molar-refractivity contribution in [2.24, 2.45) is 0 Å². The average molecular weight is 510 g/mol. The Morgan fingerprint density at radius 2 is 0.800 bits per heavy atom. The van der Waals surface area contributed by atoms with E-state index in [1.54, 1.807) is 12.4 Å². The summed E-state index contributed by atoms with van der Waals surface area (Å²) in [5.74, 6) is 0. The van der Waals surface area contributed by atoms with Gasteiger partial charge in [-0.25, -0.2) is 0 Å². The van der Waals surface area contributed by atoms with Gasteiger partial charge in [0.25, 0.3) is 0 Å². The number of fused-ring (bicyclic) bond motifs is 6. The number of nitrogens with zero attached hydrogens (tertiary/aromatic N) is 10. The van der Waals surface area contributed by atoms with Crippen molar-refractivity contribution in [1.82, 2.24) is 19.9 Å². The maximum atomic E-state index is 6.75. The summed E-state index contributed by atoms with van der Waals surface area (Å²) in [7, 11) is 0. The van der Waals surface area contributed by atoms with Gasteiger partial charge in [0.05, 0.1) is 22.1 Å². The predicted octanol–water partition coefficient (Wildman–Crippen LogP) is 7.30. The zero-order chi connectivity index (χ0) is 24.2. The molecular weight excluding hydrogens is 494 g/mol. The fourth-order valence-electron chi connectivity index (χ4n) is 3.39. The molecule has 4 aromatic heterocycles. The van der Waals surface area contributed by atoms with Crippen LogP contribution in [0.5, 0.6) is 0 Å². The molecule has 10 nitrogen and oxygen atoms in total. The molecule has 0 unspecified atom stereocenters. The smallest absolute Gasteiger partial charge is 0.373 e. The Kier molecular flexibility index (Phi) is 10.5. The molecule has 35 heavy (non-hydrogen) atoms. The van der Waals surface area contributed by atoms with Crippen molar-refractivity contribution in [2.45, 2.75) is 0 Å². The minimum absolute atomic E-state index is 0. The Morgan fingerprint density at radius 1 is 0.457 bits per heavy atom. The Morgan fingerprint density at radius 3 is 1.20 bits per heavy atom. The summed E-state index contributed by atoms with van der Waals surface area (Å²) in [5.41, 5.74) is 31.0. The van der Waals surface area contributed by atoms with E-state index in [9.17, 15) is 0 Å². The van der Waals surface area contributed by atoms with Crippen LogP contribution in [-0.4, -0.2) is 19.9 Å². The van der Waals surface area contributed by atoms with Gasteiger partial charge in [0, 0.05) is 46.3 Å². The third kappa shape index (κ3) is 6.66. The first-order valence-corrected chi connectivity index (χ1v) is 9.87. The predicted molar refractivity (Wildman–Crippen MR) is 134 cm³/mol. The summed E-state index contributed by atoms with van der Waals surface area (Å²) in [6, 6.07) is 24.2. The normalized spacial score (nSPS) is 9.14. The molecule has 164 valence electrons. The number of aromatic nitrogens is 4. The van der Waals surface area contributed by atoms with Crippen LogP contribution in [-0.2, 0) is 19.5 Å². The van der Waals surface area contributed by atoms with E-state index in [2.05, 4.69) is 56.3 Å². The van der Waals surface area contributed by atoms with Gasteiger partial charge in [0.1, 0.15) is 0 Å². The van der Waals surface area contributed by atoms with E-state index in [4.69, 9.17) is 22.1 Å². The summed E-state index contributed by atoms with van der Waals surface area (Å²) in [6.45, 7) is 0. The van der Waals surface area contributed by atoms with Crippen molar-refractivity contribution in [3.63, 3.8) is 0 Å². The average Bonchev–Trinajstić information content (AvgIpc) is 2.90. The minimum Gasteiger partial charge on any atom is -0.373 e. The van der Waals surface area contributed by atoms with E-state index in [0.717, 1.165) is 43.6 Å². The second-order valence-electron chi connectivity index (χ2n) is 6.60. The Labute approximate surface area is 212 Å². The first kappa shape index (κ1) is 26.6. The molecule has 0 atom stereocenters. The zero-order valence-electron chi connectivity index (χ0n) is 18.4. The Hall–Kier alpha value is -4.68. The van der Waals surface area contributed by atoms with Crippen LogP contribution in [0.2, 0.25) is 0 Å². The molecule has 2 aromatic carbocycles. The van der Waals surface area contributed by atoms with Crippen LogP contribution >= 0.6 is 0 Å². The van der Waals surface area contributed by atoms with E-state index in [-0.39, 0.29) is 19.5 Å². The molecule has 0 spiro atoms. The molecule has 6 aromatic rings. The summed E-state index contributed by atoms with van der Waals surface area (Å²) < 4.78 is 0. The number of pyridine rings is 4. The molecule has 6 rings (SSSR count). The number of hydrogen-bond donors (Lipinski definition) is 0. The molecule has 0 saturated carbocycles. The van der Waals surface area contributed by atoms with Crippen LogP contribution in [0.15, 0.2) is 97.6 Å². The van der Waals surface area contributed by atoms with Crippen molar-refractivity contribution in [2.75, 3.05) is 0 Å². The van der Waals surface area contributed by atoms with Crippen molar-refractivity contribution >= 4 is 43.6 Å². The fraction of sp³-hybridized carbons (Fsp3) is 0. The van der Waals surface area contributed by atoms with Gasteiger partial charge >= 0.3 is 19.5 Å². The maximum absolute atomic E-state index is 6.75. The van der Waals surface area contributed by atoms with Crippen LogP contribution in [0.3, 0.4) is 0 Å². The third-order valence-electron chi connectivity index (χ3n) is 4.71. The molecule has 0 saturated heterocycles. The van der Waals surface area contributed by atoms with Gasteiger partial charge in [-0.1, -0.05) is 24.3 Å². The summed E-state index contributed by atoms with van der Waals surface area (Å²) in [6.07, 6.45) is 7.23. The first-order valence-electron chi connectivity index (χ1n) is 9.87. The van der Waals surface area contributed by atoms with Crippen LogP contribution < -0.4 is 0 Å². The summed E-state index contributed by atoms with van der Waals surface area (Å²) in [4.78, 5) is 20.3. The van der Waals surface area contributed by atoms with Crippen molar-refractivity contribution in [3.05, 3.63) is 130 Å².